The van der Waals surface area contributed by atoms with Crippen molar-refractivity contribution in [1.82, 2.24) is 5.32 Å². The number of carbonyl (C=O) groups excluding carboxylic acids is 2. The first-order valence-electron chi connectivity index (χ1n) is 6.08. The van der Waals surface area contributed by atoms with Gasteiger partial charge in [0.2, 0.25) is 5.91 Å². The van der Waals surface area contributed by atoms with E-state index in [0.29, 0.717) is 0 Å². The monoisotopic (exact) mass is 300 g/mol. The average molecular weight is 300 g/mol. The fourth-order valence-electron chi connectivity index (χ4n) is 1.48. The number of carboxylic acid groups (broad SMARTS) is 1. The molecule has 0 aromatic heterocycles. The number of amides is 3. The fourth-order valence-corrected chi connectivity index (χ4v) is 1.48. The molecule has 0 saturated heterocycles. The Kier molecular flexibility index (Phi) is 5.77. The molecule has 1 aromatic carbocycles. The van der Waals surface area contributed by atoms with E-state index in [1.165, 1.54) is 6.92 Å². The van der Waals surface area contributed by atoms with Gasteiger partial charge in [-0.15, -0.1) is 0 Å². The van der Waals surface area contributed by atoms with Gasteiger partial charge in [-0.3, -0.25) is 14.9 Å². The topological polar surface area (TPSA) is 95.5 Å². The highest BCUT2D eigenvalue weighted by atomic mass is 19.1. The van der Waals surface area contributed by atoms with Gasteiger partial charge in [-0.2, -0.15) is 0 Å². The van der Waals surface area contributed by atoms with Crippen molar-refractivity contribution in [3.63, 3.8) is 0 Å². The first kappa shape index (κ1) is 16.5. The zero-order valence-electron chi connectivity index (χ0n) is 11.2. The van der Waals surface area contributed by atoms with E-state index in [9.17, 15) is 23.2 Å². The lowest BCUT2D eigenvalue weighted by molar-refractivity contribution is -0.137. The van der Waals surface area contributed by atoms with Gasteiger partial charge in [0.15, 0.2) is 0 Å². The van der Waals surface area contributed by atoms with E-state index in [2.05, 4.69) is 0 Å². The smallest absolute Gasteiger partial charge is 0.325 e. The van der Waals surface area contributed by atoms with Crippen LogP contribution >= 0.6 is 0 Å². The summed E-state index contributed by atoms with van der Waals surface area (Å²) in [7, 11) is 0. The summed E-state index contributed by atoms with van der Waals surface area (Å²) in [6, 6.07) is 0.705. The van der Waals surface area contributed by atoms with E-state index in [4.69, 9.17) is 5.11 Å². The zero-order valence-corrected chi connectivity index (χ0v) is 11.2. The van der Waals surface area contributed by atoms with Crippen molar-refractivity contribution in [2.24, 2.45) is 0 Å². The van der Waals surface area contributed by atoms with Crippen molar-refractivity contribution in [3.8, 4) is 0 Å². The molecular weight excluding hydrogens is 286 g/mol. The zero-order chi connectivity index (χ0) is 16.0. The molecule has 0 bridgehead atoms. The molecule has 0 fully saturated rings. The van der Waals surface area contributed by atoms with Crippen molar-refractivity contribution in [2.75, 3.05) is 5.32 Å². The van der Waals surface area contributed by atoms with Gasteiger partial charge in [-0.25, -0.2) is 13.6 Å². The standard InChI is InChI=1S/C13H14F2N2O4/c1-7-5-9(15)10(6-8(7)14)16-13(21)17-11(18)3-2-4-12(19)20/h5-6H,2-4H2,1H3,(H,19,20)(H2,16,17,18,21). The summed E-state index contributed by atoms with van der Waals surface area (Å²) < 4.78 is 26.7. The van der Waals surface area contributed by atoms with Gasteiger partial charge in [0.1, 0.15) is 11.6 Å². The highest BCUT2D eigenvalue weighted by Crippen LogP contribution is 2.18. The van der Waals surface area contributed by atoms with Crippen molar-refractivity contribution < 1.29 is 28.3 Å². The van der Waals surface area contributed by atoms with Crippen LogP contribution in [0.25, 0.3) is 0 Å². The molecule has 3 amide bonds. The predicted octanol–water partition coefficient (Wildman–Crippen LogP) is 2.18. The number of benzene rings is 1. The van der Waals surface area contributed by atoms with E-state index in [0.717, 1.165) is 12.1 Å². The number of imide groups is 1. The number of aryl methyl sites for hydroxylation is 1. The summed E-state index contributed by atoms with van der Waals surface area (Å²) in [5.41, 5.74) is -0.308. The molecule has 21 heavy (non-hydrogen) atoms. The molecule has 0 unspecified atom stereocenters. The minimum Gasteiger partial charge on any atom is -0.481 e. The third-order valence-electron chi connectivity index (χ3n) is 2.54. The quantitative estimate of drug-likeness (QED) is 0.776. The molecule has 6 nitrogen and oxygen atoms in total. The number of carboxylic acids is 1. The van der Waals surface area contributed by atoms with Crippen LogP contribution in [0.5, 0.6) is 0 Å². The molecule has 114 valence electrons. The molecule has 0 spiro atoms. The second kappa shape index (κ2) is 7.32. The van der Waals surface area contributed by atoms with E-state index in [1.807, 2.05) is 10.6 Å². The molecule has 1 rings (SSSR count). The Hall–Kier alpha value is -2.51. The minimum absolute atomic E-state index is 0.0714. The third-order valence-corrected chi connectivity index (χ3v) is 2.54. The second-order valence-corrected chi connectivity index (χ2v) is 4.33. The maximum absolute atomic E-state index is 13.5. The van der Waals surface area contributed by atoms with Crippen LogP contribution in [0.4, 0.5) is 19.3 Å². The Morgan fingerprint density at radius 3 is 2.43 bits per heavy atom. The van der Waals surface area contributed by atoms with Gasteiger partial charge in [-0.05, 0) is 25.0 Å². The minimum atomic E-state index is -1.05. The SMILES string of the molecule is Cc1cc(F)c(NC(=O)NC(=O)CCCC(=O)O)cc1F. The van der Waals surface area contributed by atoms with Crippen molar-refractivity contribution in [2.45, 2.75) is 26.2 Å². The summed E-state index contributed by atoms with van der Waals surface area (Å²) in [4.78, 5) is 33.0. The molecule has 3 N–H and O–H groups in total. The van der Waals surface area contributed by atoms with Gasteiger partial charge in [0, 0.05) is 18.9 Å². The van der Waals surface area contributed by atoms with Gasteiger partial charge in [0.25, 0.3) is 0 Å². The first-order valence-corrected chi connectivity index (χ1v) is 6.08. The highest BCUT2D eigenvalue weighted by Gasteiger charge is 2.12. The van der Waals surface area contributed by atoms with Gasteiger partial charge in [-0.1, -0.05) is 0 Å². The number of hydrogen-bond acceptors (Lipinski definition) is 3. The highest BCUT2D eigenvalue weighted by molar-refractivity contribution is 6.01. The van der Waals surface area contributed by atoms with Gasteiger partial charge < -0.3 is 10.4 Å². The van der Waals surface area contributed by atoms with E-state index >= 15 is 0 Å². The van der Waals surface area contributed by atoms with Crippen molar-refractivity contribution in [3.05, 3.63) is 29.3 Å². The Labute approximate surface area is 119 Å². The lowest BCUT2D eigenvalue weighted by Gasteiger charge is -2.08. The maximum Gasteiger partial charge on any atom is 0.325 e. The second-order valence-electron chi connectivity index (χ2n) is 4.33. The number of carbonyl (C=O) groups is 3. The summed E-state index contributed by atoms with van der Waals surface area (Å²) in [5.74, 6) is -3.28. The summed E-state index contributed by atoms with van der Waals surface area (Å²) in [6.45, 7) is 1.37. The Morgan fingerprint density at radius 2 is 1.81 bits per heavy atom. The lowest BCUT2D eigenvalue weighted by atomic mass is 10.2. The maximum atomic E-state index is 13.5. The van der Waals surface area contributed by atoms with Gasteiger partial charge >= 0.3 is 12.0 Å². The number of anilines is 1. The van der Waals surface area contributed by atoms with E-state index in [1.54, 1.807) is 0 Å². The molecule has 0 radical (unpaired) electrons. The number of nitrogens with one attached hydrogen (secondary N) is 2. The summed E-state index contributed by atoms with van der Waals surface area (Å²) in [6.07, 6.45) is -0.292. The fraction of sp³-hybridized carbons (Fsp3) is 0.308. The molecule has 0 aliphatic rings. The normalized spacial score (nSPS) is 10.0. The molecule has 8 heteroatoms. The molecule has 0 aliphatic heterocycles. The number of hydrogen-bond donors (Lipinski definition) is 3. The molecule has 1 aromatic rings. The Balaban J connectivity index is 2.52. The van der Waals surface area contributed by atoms with Gasteiger partial charge in [0.05, 0.1) is 5.69 Å². The predicted molar refractivity (Wildman–Crippen MR) is 69.7 cm³/mol. The van der Waals surface area contributed by atoms with Crippen LogP contribution in [0.3, 0.4) is 0 Å². The number of halogens is 2. The number of aliphatic carboxylic acids is 1. The lowest BCUT2D eigenvalue weighted by Crippen LogP contribution is -2.34. The van der Waals surface area contributed by atoms with Crippen LogP contribution in [0.1, 0.15) is 24.8 Å². The third kappa shape index (κ3) is 5.55. The average Bonchev–Trinajstić information content (AvgIpc) is 2.35. The Bertz CT molecular complexity index is 576. The Morgan fingerprint density at radius 1 is 1.14 bits per heavy atom. The van der Waals surface area contributed by atoms with Crippen LogP contribution in [0, 0.1) is 18.6 Å². The largest absolute Gasteiger partial charge is 0.481 e. The molecule has 0 saturated carbocycles. The van der Waals surface area contributed by atoms with Crippen LogP contribution in [-0.4, -0.2) is 23.0 Å². The molecule has 0 heterocycles. The van der Waals surface area contributed by atoms with Crippen LogP contribution in [0.2, 0.25) is 0 Å². The number of urea groups is 1. The van der Waals surface area contributed by atoms with E-state index < -0.39 is 35.2 Å². The van der Waals surface area contributed by atoms with Crippen LogP contribution in [-0.2, 0) is 9.59 Å². The van der Waals surface area contributed by atoms with Crippen molar-refractivity contribution >= 4 is 23.6 Å². The first-order chi connectivity index (χ1) is 9.79. The van der Waals surface area contributed by atoms with Crippen LogP contribution < -0.4 is 10.6 Å². The molecule has 0 aliphatic carbocycles. The van der Waals surface area contributed by atoms with Crippen molar-refractivity contribution in [1.29, 1.82) is 0 Å². The van der Waals surface area contributed by atoms with Crippen LogP contribution in [0.15, 0.2) is 12.1 Å². The summed E-state index contributed by atoms with van der Waals surface area (Å²) in [5, 5.41) is 12.3. The molecular formula is C13H14F2N2O4. The summed E-state index contributed by atoms with van der Waals surface area (Å²) >= 11 is 0. The van der Waals surface area contributed by atoms with E-state index in [-0.39, 0.29) is 24.8 Å². The number of rotatable bonds is 5. The molecule has 0 atom stereocenters.